The quantitative estimate of drug-likeness (QED) is 0.845. The Morgan fingerprint density at radius 2 is 1.62 bits per heavy atom. The van der Waals surface area contributed by atoms with E-state index in [0.29, 0.717) is 5.75 Å². The number of piperidine rings is 1. The Balaban J connectivity index is 1.19. The average Bonchev–Trinajstić information content (AvgIpc) is 3.46. The van der Waals surface area contributed by atoms with Crippen LogP contribution < -0.4 is 0 Å². The van der Waals surface area contributed by atoms with Crippen molar-refractivity contribution in [1.82, 2.24) is 14.8 Å². The molecule has 1 aromatic carbocycles. The van der Waals surface area contributed by atoms with Crippen LogP contribution in [-0.2, 0) is 17.7 Å². The van der Waals surface area contributed by atoms with Gasteiger partial charge in [-0.3, -0.25) is 9.88 Å². The van der Waals surface area contributed by atoms with Gasteiger partial charge in [0.2, 0.25) is 0 Å². The van der Waals surface area contributed by atoms with Crippen molar-refractivity contribution in [2.75, 3.05) is 32.7 Å². The standard InChI is InChI=1S/C24H31N3O2/c28-22-7-4-13-25-21(22)8-14-26-15-11-24(12-16-26)19-27(18-23(29-24)9-10-23)17-20-5-2-1-3-6-20/h1-7,13,28H,8-12,14-19H2. The largest absolute Gasteiger partial charge is 0.506 e. The number of aromatic nitrogens is 1. The summed E-state index contributed by atoms with van der Waals surface area (Å²) in [6.07, 6.45) is 7.16. The van der Waals surface area contributed by atoms with Gasteiger partial charge in [-0.2, -0.15) is 0 Å². The van der Waals surface area contributed by atoms with Gasteiger partial charge >= 0.3 is 0 Å². The summed E-state index contributed by atoms with van der Waals surface area (Å²) in [6, 6.07) is 14.3. The first-order chi connectivity index (χ1) is 14.1. The molecule has 1 aliphatic carbocycles. The Kier molecular flexibility index (Phi) is 5.06. The van der Waals surface area contributed by atoms with E-state index in [4.69, 9.17) is 4.74 Å². The van der Waals surface area contributed by atoms with Crippen LogP contribution in [0.5, 0.6) is 5.75 Å². The van der Waals surface area contributed by atoms with Gasteiger partial charge in [0.15, 0.2) is 0 Å². The summed E-state index contributed by atoms with van der Waals surface area (Å²) in [5.41, 5.74) is 2.32. The minimum absolute atomic E-state index is 0.00711. The third-order valence-corrected chi connectivity index (χ3v) is 6.81. The molecule has 0 radical (unpaired) electrons. The average molecular weight is 394 g/mol. The lowest BCUT2D eigenvalue weighted by Crippen LogP contribution is -2.60. The second-order valence-electron chi connectivity index (χ2n) is 9.16. The Morgan fingerprint density at radius 1 is 0.897 bits per heavy atom. The topological polar surface area (TPSA) is 48.8 Å². The highest BCUT2D eigenvalue weighted by Gasteiger charge is 2.55. The highest BCUT2D eigenvalue weighted by Crippen LogP contribution is 2.49. The van der Waals surface area contributed by atoms with Crippen molar-refractivity contribution < 1.29 is 9.84 Å². The van der Waals surface area contributed by atoms with E-state index in [1.165, 1.54) is 18.4 Å². The summed E-state index contributed by atoms with van der Waals surface area (Å²) in [5.74, 6) is 0.309. The van der Waals surface area contributed by atoms with Crippen molar-refractivity contribution in [3.63, 3.8) is 0 Å². The number of pyridine rings is 1. The second kappa shape index (κ2) is 7.71. The number of aromatic hydroxyl groups is 1. The molecule has 0 atom stereocenters. The zero-order chi connectivity index (χ0) is 19.7. The third kappa shape index (κ3) is 4.32. The van der Waals surface area contributed by atoms with E-state index in [-0.39, 0.29) is 11.2 Å². The molecule has 5 rings (SSSR count). The van der Waals surface area contributed by atoms with Crippen LogP contribution in [0.2, 0.25) is 0 Å². The van der Waals surface area contributed by atoms with Gasteiger partial charge in [0.05, 0.1) is 16.9 Å². The molecule has 3 fully saturated rings. The Labute approximate surface area is 173 Å². The fraction of sp³-hybridized carbons (Fsp3) is 0.542. The Hall–Kier alpha value is -1.95. The predicted octanol–water partition coefficient (Wildman–Crippen LogP) is 3.23. The van der Waals surface area contributed by atoms with Crippen LogP contribution in [0, 0.1) is 0 Å². The van der Waals surface area contributed by atoms with Crippen LogP contribution in [0.25, 0.3) is 0 Å². The van der Waals surface area contributed by atoms with Gasteiger partial charge in [-0.15, -0.1) is 0 Å². The van der Waals surface area contributed by atoms with Crippen molar-refractivity contribution in [1.29, 1.82) is 0 Å². The van der Waals surface area contributed by atoms with Crippen molar-refractivity contribution in [3.05, 3.63) is 59.9 Å². The first-order valence-corrected chi connectivity index (χ1v) is 11.0. The molecule has 2 aromatic rings. The van der Waals surface area contributed by atoms with E-state index in [2.05, 4.69) is 45.1 Å². The molecule has 2 spiro atoms. The molecule has 0 bridgehead atoms. The van der Waals surface area contributed by atoms with E-state index in [9.17, 15) is 5.11 Å². The molecule has 3 heterocycles. The summed E-state index contributed by atoms with van der Waals surface area (Å²) < 4.78 is 6.79. The summed E-state index contributed by atoms with van der Waals surface area (Å²) >= 11 is 0. The maximum Gasteiger partial charge on any atom is 0.137 e. The maximum atomic E-state index is 9.95. The molecule has 1 N–H and O–H groups in total. The lowest BCUT2D eigenvalue weighted by atomic mass is 9.87. The lowest BCUT2D eigenvalue weighted by Gasteiger charge is -2.50. The highest BCUT2D eigenvalue weighted by atomic mass is 16.5. The number of hydrogen-bond acceptors (Lipinski definition) is 5. The number of rotatable bonds is 5. The molecule has 0 unspecified atom stereocenters. The van der Waals surface area contributed by atoms with Crippen LogP contribution in [0.4, 0.5) is 0 Å². The molecule has 1 aromatic heterocycles. The minimum Gasteiger partial charge on any atom is -0.506 e. The number of benzene rings is 1. The lowest BCUT2D eigenvalue weighted by molar-refractivity contribution is -0.189. The fourth-order valence-corrected chi connectivity index (χ4v) is 5.08. The number of hydrogen-bond donors (Lipinski definition) is 1. The zero-order valence-electron chi connectivity index (χ0n) is 17.1. The molecule has 2 aliphatic heterocycles. The molecule has 5 nitrogen and oxygen atoms in total. The first kappa shape index (κ1) is 19.0. The van der Waals surface area contributed by atoms with E-state index >= 15 is 0 Å². The maximum absolute atomic E-state index is 9.95. The van der Waals surface area contributed by atoms with Crippen LogP contribution >= 0.6 is 0 Å². The van der Waals surface area contributed by atoms with Gasteiger partial charge in [0, 0.05) is 51.9 Å². The number of likely N-dealkylation sites (tertiary alicyclic amines) is 1. The van der Waals surface area contributed by atoms with Gasteiger partial charge in [0.1, 0.15) is 5.75 Å². The predicted molar refractivity (Wildman–Crippen MR) is 113 cm³/mol. The van der Waals surface area contributed by atoms with E-state index in [0.717, 1.165) is 64.2 Å². The number of nitrogens with zero attached hydrogens (tertiary/aromatic N) is 3. The van der Waals surface area contributed by atoms with Crippen molar-refractivity contribution in [2.24, 2.45) is 0 Å². The van der Waals surface area contributed by atoms with Gasteiger partial charge in [-0.05, 0) is 43.4 Å². The summed E-state index contributed by atoms with van der Waals surface area (Å²) in [5, 5.41) is 9.95. The van der Waals surface area contributed by atoms with Crippen molar-refractivity contribution >= 4 is 0 Å². The van der Waals surface area contributed by atoms with Crippen molar-refractivity contribution in [3.8, 4) is 5.75 Å². The van der Waals surface area contributed by atoms with Crippen LogP contribution in [-0.4, -0.2) is 63.8 Å². The van der Waals surface area contributed by atoms with Crippen LogP contribution in [0.1, 0.15) is 36.9 Å². The molecular weight excluding hydrogens is 362 g/mol. The molecule has 29 heavy (non-hydrogen) atoms. The van der Waals surface area contributed by atoms with E-state index in [1.807, 2.05) is 0 Å². The summed E-state index contributed by atoms with van der Waals surface area (Å²) in [7, 11) is 0. The molecule has 2 saturated heterocycles. The van der Waals surface area contributed by atoms with Gasteiger partial charge in [0.25, 0.3) is 0 Å². The molecule has 1 saturated carbocycles. The third-order valence-electron chi connectivity index (χ3n) is 6.81. The van der Waals surface area contributed by atoms with Gasteiger partial charge in [-0.1, -0.05) is 30.3 Å². The Morgan fingerprint density at radius 3 is 2.31 bits per heavy atom. The SMILES string of the molecule is Oc1cccnc1CCN1CCC2(CC1)CN(Cc1ccccc1)CC1(CC1)O2. The Bertz CT molecular complexity index is 829. The smallest absolute Gasteiger partial charge is 0.137 e. The normalized spacial score (nSPS) is 23.4. The molecule has 5 heteroatoms. The number of morpholine rings is 1. The first-order valence-electron chi connectivity index (χ1n) is 11.0. The van der Waals surface area contributed by atoms with Crippen LogP contribution in [0.15, 0.2) is 48.7 Å². The fourth-order valence-electron chi connectivity index (χ4n) is 5.08. The highest BCUT2D eigenvalue weighted by molar-refractivity contribution is 5.25. The molecule has 154 valence electrons. The van der Waals surface area contributed by atoms with E-state index < -0.39 is 0 Å². The molecule has 0 amide bonds. The van der Waals surface area contributed by atoms with Gasteiger partial charge < -0.3 is 14.7 Å². The molecular formula is C24H31N3O2. The monoisotopic (exact) mass is 393 g/mol. The second-order valence-corrected chi connectivity index (χ2v) is 9.16. The van der Waals surface area contributed by atoms with Crippen molar-refractivity contribution in [2.45, 2.75) is 49.9 Å². The van der Waals surface area contributed by atoms with Gasteiger partial charge in [-0.25, -0.2) is 0 Å². The molecule has 3 aliphatic rings. The van der Waals surface area contributed by atoms with Crippen LogP contribution in [0.3, 0.4) is 0 Å². The summed E-state index contributed by atoms with van der Waals surface area (Å²) in [6.45, 7) is 6.20. The zero-order valence-corrected chi connectivity index (χ0v) is 17.1. The summed E-state index contributed by atoms with van der Waals surface area (Å²) in [4.78, 5) is 9.45. The number of ether oxygens (including phenoxy) is 1. The minimum atomic E-state index is 0.00711. The van der Waals surface area contributed by atoms with E-state index in [1.54, 1.807) is 18.3 Å².